The zero-order valence-electron chi connectivity index (χ0n) is 14.7. The van der Waals surface area contributed by atoms with Crippen LogP contribution in [-0.4, -0.2) is 12.5 Å². The molecule has 3 rings (SSSR count). The molecular weight excluding hydrogens is 310 g/mol. The van der Waals surface area contributed by atoms with Crippen molar-refractivity contribution in [3.05, 3.63) is 77.9 Å². The molecule has 0 heterocycles. The number of nitrogens with one attached hydrogen (secondary N) is 1. The lowest BCUT2D eigenvalue weighted by Crippen LogP contribution is -2.28. The minimum absolute atomic E-state index is 0.0184. The van der Waals surface area contributed by atoms with Crippen LogP contribution in [0, 0.1) is 0 Å². The summed E-state index contributed by atoms with van der Waals surface area (Å²) in [5, 5.41) is 5.47. The molecule has 0 saturated heterocycles. The van der Waals surface area contributed by atoms with E-state index in [0.717, 1.165) is 16.9 Å². The molecule has 3 aromatic carbocycles. The van der Waals surface area contributed by atoms with Gasteiger partial charge in [0.2, 0.25) is 5.91 Å². The highest BCUT2D eigenvalue weighted by molar-refractivity contribution is 5.83. The Morgan fingerprint density at radius 3 is 2.44 bits per heavy atom. The van der Waals surface area contributed by atoms with Crippen molar-refractivity contribution in [3.8, 4) is 5.75 Å². The predicted octanol–water partition coefficient (Wildman–Crippen LogP) is 4.66. The number of carbonyl (C=O) groups is 1. The monoisotopic (exact) mass is 333 g/mol. The lowest BCUT2D eigenvalue weighted by atomic mass is 10.0. The smallest absolute Gasteiger partial charge is 0.224 e. The van der Waals surface area contributed by atoms with Gasteiger partial charge in [0.05, 0.1) is 19.1 Å². The van der Waals surface area contributed by atoms with Gasteiger partial charge < -0.3 is 10.1 Å². The van der Waals surface area contributed by atoms with Gasteiger partial charge in [-0.1, -0.05) is 48.5 Å². The predicted molar refractivity (Wildman–Crippen MR) is 102 cm³/mol. The first-order valence-corrected chi connectivity index (χ1v) is 8.65. The number of rotatable bonds is 6. The second-order valence-corrected chi connectivity index (χ2v) is 6.15. The molecule has 1 N–H and O–H groups in total. The van der Waals surface area contributed by atoms with Crippen LogP contribution in [0.5, 0.6) is 5.75 Å². The molecule has 0 fully saturated rings. The molecule has 0 radical (unpaired) electrons. The number of benzene rings is 3. The summed E-state index contributed by atoms with van der Waals surface area (Å²) in [6.07, 6.45) is 0.365. The summed E-state index contributed by atoms with van der Waals surface area (Å²) in [4.78, 5) is 12.3. The van der Waals surface area contributed by atoms with E-state index in [1.165, 1.54) is 10.8 Å². The third kappa shape index (κ3) is 4.38. The van der Waals surface area contributed by atoms with E-state index in [4.69, 9.17) is 4.74 Å². The molecule has 0 saturated carbocycles. The number of ether oxygens (including phenoxy) is 1. The summed E-state index contributed by atoms with van der Waals surface area (Å²) in [6.45, 7) is 4.61. The fourth-order valence-corrected chi connectivity index (χ4v) is 2.91. The highest BCUT2D eigenvalue weighted by Gasteiger charge is 2.11. The molecule has 0 spiro atoms. The van der Waals surface area contributed by atoms with Crippen molar-refractivity contribution in [2.75, 3.05) is 6.61 Å². The summed E-state index contributed by atoms with van der Waals surface area (Å²) in [5.41, 5.74) is 2.09. The summed E-state index contributed by atoms with van der Waals surface area (Å²) >= 11 is 0. The van der Waals surface area contributed by atoms with E-state index in [2.05, 4.69) is 35.6 Å². The van der Waals surface area contributed by atoms with E-state index in [9.17, 15) is 4.79 Å². The van der Waals surface area contributed by atoms with Crippen LogP contribution in [0.25, 0.3) is 10.8 Å². The van der Waals surface area contributed by atoms with Gasteiger partial charge in [-0.3, -0.25) is 4.79 Å². The number of hydrogen-bond acceptors (Lipinski definition) is 2. The molecule has 25 heavy (non-hydrogen) atoms. The molecule has 0 aliphatic rings. The molecule has 0 aliphatic heterocycles. The Balaban J connectivity index is 1.62. The zero-order valence-corrected chi connectivity index (χ0v) is 14.7. The van der Waals surface area contributed by atoms with Crippen LogP contribution in [0.3, 0.4) is 0 Å². The highest BCUT2D eigenvalue weighted by Crippen LogP contribution is 2.20. The van der Waals surface area contributed by atoms with Gasteiger partial charge in [0.1, 0.15) is 5.75 Å². The molecule has 3 aromatic rings. The van der Waals surface area contributed by atoms with Crippen LogP contribution in [0.4, 0.5) is 0 Å². The minimum Gasteiger partial charge on any atom is -0.494 e. The minimum atomic E-state index is -0.0280. The van der Waals surface area contributed by atoms with Crippen LogP contribution in [0.2, 0.25) is 0 Å². The van der Waals surface area contributed by atoms with Gasteiger partial charge in [0.25, 0.3) is 0 Å². The van der Waals surface area contributed by atoms with E-state index in [0.29, 0.717) is 13.0 Å². The second-order valence-electron chi connectivity index (χ2n) is 6.15. The molecule has 1 amide bonds. The van der Waals surface area contributed by atoms with E-state index in [1.54, 1.807) is 0 Å². The van der Waals surface area contributed by atoms with Gasteiger partial charge in [-0.25, -0.2) is 0 Å². The summed E-state index contributed by atoms with van der Waals surface area (Å²) < 4.78 is 5.42. The van der Waals surface area contributed by atoms with Crippen molar-refractivity contribution in [2.24, 2.45) is 0 Å². The van der Waals surface area contributed by atoms with Crippen molar-refractivity contribution >= 4 is 16.7 Å². The Kier molecular flexibility index (Phi) is 5.34. The number of fused-ring (bicyclic) bond motifs is 1. The van der Waals surface area contributed by atoms with Crippen molar-refractivity contribution in [2.45, 2.75) is 26.3 Å². The van der Waals surface area contributed by atoms with E-state index >= 15 is 0 Å². The Hall–Kier alpha value is -2.81. The van der Waals surface area contributed by atoms with Gasteiger partial charge in [-0.2, -0.15) is 0 Å². The summed E-state index contributed by atoms with van der Waals surface area (Å²) in [7, 11) is 0. The van der Waals surface area contributed by atoms with Crippen molar-refractivity contribution in [3.63, 3.8) is 0 Å². The first-order valence-electron chi connectivity index (χ1n) is 8.65. The third-order valence-corrected chi connectivity index (χ3v) is 4.25. The van der Waals surface area contributed by atoms with Gasteiger partial charge in [-0.15, -0.1) is 0 Å². The maximum atomic E-state index is 12.3. The maximum absolute atomic E-state index is 12.3. The Bertz CT molecular complexity index is 855. The zero-order chi connectivity index (χ0) is 17.6. The fraction of sp³-hybridized carbons (Fsp3) is 0.227. The normalized spacial score (nSPS) is 11.9. The third-order valence-electron chi connectivity index (χ3n) is 4.25. The van der Waals surface area contributed by atoms with Crippen LogP contribution in [-0.2, 0) is 11.2 Å². The quantitative estimate of drug-likeness (QED) is 0.712. The van der Waals surface area contributed by atoms with Gasteiger partial charge >= 0.3 is 0 Å². The topological polar surface area (TPSA) is 38.3 Å². The van der Waals surface area contributed by atoms with Crippen molar-refractivity contribution in [1.82, 2.24) is 5.32 Å². The Morgan fingerprint density at radius 1 is 1.00 bits per heavy atom. The fourth-order valence-electron chi connectivity index (χ4n) is 2.91. The van der Waals surface area contributed by atoms with Crippen molar-refractivity contribution in [1.29, 1.82) is 0 Å². The molecule has 3 nitrogen and oxygen atoms in total. The van der Waals surface area contributed by atoms with Gasteiger partial charge in [0.15, 0.2) is 0 Å². The molecule has 1 atom stereocenters. The van der Waals surface area contributed by atoms with Gasteiger partial charge in [0, 0.05) is 0 Å². The molecular formula is C22H23NO2. The van der Waals surface area contributed by atoms with Gasteiger partial charge in [-0.05, 0) is 53.9 Å². The Labute approximate surface area is 148 Å². The first-order chi connectivity index (χ1) is 12.2. The van der Waals surface area contributed by atoms with E-state index < -0.39 is 0 Å². The molecule has 3 heteroatoms. The number of amides is 1. The van der Waals surface area contributed by atoms with Crippen LogP contribution < -0.4 is 10.1 Å². The van der Waals surface area contributed by atoms with E-state index in [-0.39, 0.29) is 11.9 Å². The second kappa shape index (κ2) is 7.84. The molecule has 0 aliphatic carbocycles. The molecule has 0 aromatic heterocycles. The maximum Gasteiger partial charge on any atom is 0.224 e. The van der Waals surface area contributed by atoms with Crippen LogP contribution >= 0.6 is 0 Å². The molecule has 128 valence electrons. The average molecular weight is 333 g/mol. The number of hydrogen-bond donors (Lipinski definition) is 1. The summed E-state index contributed by atoms with van der Waals surface area (Å²) in [6, 6.07) is 22.2. The van der Waals surface area contributed by atoms with Crippen LogP contribution in [0.1, 0.15) is 31.0 Å². The van der Waals surface area contributed by atoms with Crippen LogP contribution in [0.15, 0.2) is 66.7 Å². The lowest BCUT2D eigenvalue weighted by molar-refractivity contribution is -0.121. The highest BCUT2D eigenvalue weighted by atomic mass is 16.5. The lowest BCUT2D eigenvalue weighted by Gasteiger charge is -2.15. The largest absolute Gasteiger partial charge is 0.494 e. The molecule has 1 unspecified atom stereocenters. The SMILES string of the molecule is CCOc1ccc(CC(=O)NC(C)c2ccc3ccccc3c2)cc1. The molecule has 0 bridgehead atoms. The average Bonchev–Trinajstić information content (AvgIpc) is 2.63. The number of carbonyl (C=O) groups excluding carboxylic acids is 1. The van der Waals surface area contributed by atoms with Crippen molar-refractivity contribution < 1.29 is 9.53 Å². The standard InChI is InChI=1S/C22H23NO2/c1-3-25-21-12-8-17(9-13-21)14-22(24)23-16(2)19-11-10-18-6-4-5-7-20(18)15-19/h4-13,15-16H,3,14H2,1-2H3,(H,23,24). The van der Waals surface area contributed by atoms with E-state index in [1.807, 2.05) is 50.2 Å². The Morgan fingerprint density at radius 2 is 1.72 bits per heavy atom. The summed E-state index contributed by atoms with van der Waals surface area (Å²) in [5.74, 6) is 0.848. The first kappa shape index (κ1) is 17.0.